The van der Waals surface area contributed by atoms with Crippen molar-refractivity contribution in [1.82, 2.24) is 20.4 Å². The van der Waals surface area contributed by atoms with Gasteiger partial charge in [-0.1, -0.05) is 12.5 Å². The molecule has 0 radical (unpaired) electrons. The Balaban J connectivity index is 1.59. The molecule has 2 N–H and O–H groups in total. The van der Waals surface area contributed by atoms with Gasteiger partial charge in [0.1, 0.15) is 0 Å². The Hall–Kier alpha value is -1.88. The Morgan fingerprint density at radius 1 is 1.38 bits per heavy atom. The van der Waals surface area contributed by atoms with Crippen molar-refractivity contribution < 1.29 is 4.79 Å². The van der Waals surface area contributed by atoms with Crippen molar-refractivity contribution in [1.29, 1.82) is 0 Å². The maximum absolute atomic E-state index is 12.3. The summed E-state index contributed by atoms with van der Waals surface area (Å²) in [6.45, 7) is 5.31. The minimum Gasteiger partial charge on any atom is -0.348 e. The monoisotopic (exact) mass is 286 g/mol. The van der Waals surface area contributed by atoms with Crippen LogP contribution in [0.2, 0.25) is 0 Å². The molecule has 1 atom stereocenters. The first-order valence-electron chi connectivity index (χ1n) is 7.69. The Morgan fingerprint density at radius 2 is 2.19 bits per heavy atom. The number of aromatic nitrogens is 2. The minimum absolute atomic E-state index is 0.0176. The Morgan fingerprint density at radius 3 is 3.00 bits per heavy atom. The summed E-state index contributed by atoms with van der Waals surface area (Å²) < 4.78 is 0. The van der Waals surface area contributed by atoms with E-state index in [-0.39, 0.29) is 11.9 Å². The number of amides is 1. The standard InChI is InChI=1S/C16H22N4O/c1-12(11-20-7-3-2-4-8-20)18-16(21)13-5-6-14-10-17-19-15(14)9-13/h5-6,9-10,12H,2-4,7-8,11H2,1H3,(H,17,19)(H,18,21). The number of likely N-dealkylation sites (tertiary alicyclic amines) is 1. The van der Waals surface area contributed by atoms with Crippen LogP contribution in [0.5, 0.6) is 0 Å². The zero-order valence-corrected chi connectivity index (χ0v) is 12.4. The number of nitrogens with zero attached hydrogens (tertiary/aromatic N) is 2. The van der Waals surface area contributed by atoms with Crippen LogP contribution in [0, 0.1) is 0 Å². The van der Waals surface area contributed by atoms with E-state index in [1.54, 1.807) is 6.20 Å². The summed E-state index contributed by atoms with van der Waals surface area (Å²) in [5.74, 6) is -0.0176. The van der Waals surface area contributed by atoms with Gasteiger partial charge in [0.2, 0.25) is 0 Å². The van der Waals surface area contributed by atoms with Crippen LogP contribution in [0.15, 0.2) is 24.4 Å². The third-order valence-electron chi connectivity index (χ3n) is 4.06. The lowest BCUT2D eigenvalue weighted by Crippen LogP contribution is -2.43. The molecule has 2 aromatic rings. The summed E-state index contributed by atoms with van der Waals surface area (Å²) in [5, 5.41) is 11.0. The number of carbonyl (C=O) groups excluding carboxylic acids is 1. The molecule has 1 aromatic carbocycles. The predicted molar refractivity (Wildman–Crippen MR) is 83.3 cm³/mol. The second-order valence-corrected chi connectivity index (χ2v) is 5.91. The molecule has 21 heavy (non-hydrogen) atoms. The summed E-state index contributed by atoms with van der Waals surface area (Å²) >= 11 is 0. The minimum atomic E-state index is -0.0176. The van der Waals surface area contributed by atoms with Crippen LogP contribution >= 0.6 is 0 Å². The van der Waals surface area contributed by atoms with Crippen LogP contribution in [0.25, 0.3) is 10.9 Å². The number of hydrogen-bond donors (Lipinski definition) is 2. The molecule has 5 nitrogen and oxygen atoms in total. The highest BCUT2D eigenvalue weighted by Gasteiger charge is 2.16. The molecule has 1 aliphatic rings. The first-order chi connectivity index (χ1) is 10.2. The van der Waals surface area contributed by atoms with Crippen molar-refractivity contribution in [2.24, 2.45) is 0 Å². The quantitative estimate of drug-likeness (QED) is 0.905. The van der Waals surface area contributed by atoms with Gasteiger partial charge in [-0.05, 0) is 45.0 Å². The van der Waals surface area contributed by atoms with Gasteiger partial charge in [0.25, 0.3) is 5.91 Å². The van der Waals surface area contributed by atoms with Gasteiger partial charge >= 0.3 is 0 Å². The lowest BCUT2D eigenvalue weighted by atomic mass is 10.1. The summed E-state index contributed by atoms with van der Waals surface area (Å²) in [5.41, 5.74) is 1.57. The number of piperidine rings is 1. The van der Waals surface area contributed by atoms with E-state index < -0.39 is 0 Å². The third-order valence-corrected chi connectivity index (χ3v) is 4.06. The van der Waals surface area contributed by atoms with Gasteiger partial charge in [0, 0.05) is 23.5 Å². The average molecular weight is 286 g/mol. The molecule has 0 bridgehead atoms. The second-order valence-electron chi connectivity index (χ2n) is 5.91. The first kappa shape index (κ1) is 14.1. The van der Waals surface area contributed by atoms with Crippen LogP contribution in [0.3, 0.4) is 0 Å². The average Bonchev–Trinajstić information content (AvgIpc) is 2.95. The van der Waals surface area contributed by atoms with Gasteiger partial charge in [-0.15, -0.1) is 0 Å². The molecule has 3 rings (SSSR count). The van der Waals surface area contributed by atoms with Crippen LogP contribution in [0.1, 0.15) is 36.5 Å². The van der Waals surface area contributed by atoms with Gasteiger partial charge in [-0.25, -0.2) is 0 Å². The van der Waals surface area contributed by atoms with Crippen LogP contribution in [0.4, 0.5) is 0 Å². The van der Waals surface area contributed by atoms with Gasteiger partial charge in [0.15, 0.2) is 0 Å². The lowest BCUT2D eigenvalue weighted by Gasteiger charge is -2.29. The number of rotatable bonds is 4. The number of aromatic amines is 1. The van der Waals surface area contributed by atoms with Gasteiger partial charge in [-0.2, -0.15) is 5.10 Å². The van der Waals surface area contributed by atoms with Crippen molar-refractivity contribution in [3.63, 3.8) is 0 Å². The molecule has 2 heterocycles. The number of benzene rings is 1. The fourth-order valence-corrected chi connectivity index (χ4v) is 2.96. The Labute approximate surface area is 124 Å². The fraction of sp³-hybridized carbons (Fsp3) is 0.500. The smallest absolute Gasteiger partial charge is 0.251 e. The molecule has 1 unspecified atom stereocenters. The van der Waals surface area contributed by atoms with Crippen molar-refractivity contribution in [3.05, 3.63) is 30.0 Å². The van der Waals surface area contributed by atoms with E-state index in [0.717, 1.165) is 30.5 Å². The molecule has 1 fully saturated rings. The van der Waals surface area contributed by atoms with Gasteiger partial charge in [0.05, 0.1) is 11.7 Å². The van der Waals surface area contributed by atoms with E-state index in [0.29, 0.717) is 5.56 Å². The van der Waals surface area contributed by atoms with Crippen molar-refractivity contribution >= 4 is 16.8 Å². The molecular formula is C16H22N4O. The summed E-state index contributed by atoms with van der Waals surface area (Å²) in [6.07, 6.45) is 5.64. The number of nitrogens with one attached hydrogen (secondary N) is 2. The summed E-state index contributed by atoms with van der Waals surface area (Å²) in [7, 11) is 0. The molecule has 1 saturated heterocycles. The number of H-pyrrole nitrogens is 1. The van der Waals surface area contributed by atoms with E-state index >= 15 is 0 Å². The van der Waals surface area contributed by atoms with E-state index in [9.17, 15) is 4.79 Å². The van der Waals surface area contributed by atoms with Crippen molar-refractivity contribution in [2.45, 2.75) is 32.2 Å². The van der Waals surface area contributed by atoms with Gasteiger partial charge < -0.3 is 10.2 Å². The van der Waals surface area contributed by atoms with Crippen LogP contribution in [-0.2, 0) is 0 Å². The largest absolute Gasteiger partial charge is 0.348 e. The topological polar surface area (TPSA) is 61.0 Å². The van der Waals surface area contributed by atoms with Crippen LogP contribution in [-0.4, -0.2) is 46.7 Å². The molecule has 112 valence electrons. The van der Waals surface area contributed by atoms with E-state index in [4.69, 9.17) is 0 Å². The second kappa shape index (κ2) is 6.26. The highest BCUT2D eigenvalue weighted by molar-refractivity contribution is 5.97. The Kier molecular flexibility index (Phi) is 4.20. The highest BCUT2D eigenvalue weighted by atomic mass is 16.1. The van der Waals surface area contributed by atoms with E-state index in [1.807, 2.05) is 18.2 Å². The van der Waals surface area contributed by atoms with Crippen molar-refractivity contribution in [2.75, 3.05) is 19.6 Å². The van der Waals surface area contributed by atoms with E-state index in [2.05, 4.69) is 27.3 Å². The summed E-state index contributed by atoms with van der Waals surface area (Å²) in [6, 6.07) is 5.78. The molecule has 0 spiro atoms. The number of carbonyl (C=O) groups is 1. The normalized spacial score (nSPS) is 17.8. The van der Waals surface area contributed by atoms with Crippen molar-refractivity contribution in [3.8, 4) is 0 Å². The number of fused-ring (bicyclic) bond motifs is 1. The molecule has 1 aromatic heterocycles. The SMILES string of the molecule is CC(CN1CCCCC1)NC(=O)c1ccc2cn[nH]c2c1. The molecule has 0 aliphatic carbocycles. The maximum atomic E-state index is 12.3. The zero-order chi connectivity index (χ0) is 14.7. The molecule has 1 amide bonds. The molecular weight excluding hydrogens is 264 g/mol. The summed E-state index contributed by atoms with van der Waals surface area (Å²) in [4.78, 5) is 14.7. The maximum Gasteiger partial charge on any atom is 0.251 e. The van der Waals surface area contributed by atoms with Gasteiger partial charge in [-0.3, -0.25) is 9.89 Å². The van der Waals surface area contributed by atoms with E-state index in [1.165, 1.54) is 19.3 Å². The predicted octanol–water partition coefficient (Wildman–Crippen LogP) is 2.17. The first-order valence-corrected chi connectivity index (χ1v) is 7.69. The molecule has 0 saturated carbocycles. The Bertz CT molecular complexity index is 616. The molecule has 5 heteroatoms. The highest BCUT2D eigenvalue weighted by Crippen LogP contribution is 2.13. The third kappa shape index (κ3) is 3.42. The number of hydrogen-bond acceptors (Lipinski definition) is 3. The van der Waals surface area contributed by atoms with Crippen LogP contribution < -0.4 is 5.32 Å². The lowest BCUT2D eigenvalue weighted by molar-refractivity contribution is 0.0926. The zero-order valence-electron chi connectivity index (χ0n) is 12.4. The fourth-order valence-electron chi connectivity index (χ4n) is 2.96. The molecule has 1 aliphatic heterocycles.